The van der Waals surface area contributed by atoms with Crippen molar-refractivity contribution in [3.05, 3.63) is 59.8 Å². The second-order valence-electron chi connectivity index (χ2n) is 7.38. The van der Waals surface area contributed by atoms with Crippen molar-refractivity contribution in [2.45, 2.75) is 19.8 Å². The molecule has 142 valence electrons. The molecule has 1 fully saturated rings. The number of piperazine rings is 1. The van der Waals surface area contributed by atoms with Gasteiger partial charge >= 0.3 is 0 Å². The minimum Gasteiger partial charge on any atom is -0.495 e. The second-order valence-corrected chi connectivity index (χ2v) is 7.38. The standard InChI is InChI=1S/C23H29N3O/c1-18-19(20-8-3-4-10-21(20)24-18)9-7-13-25-14-16-26(17-15-25)22-11-5-6-12-23(22)27-2/h3-6,8,10-12,24H,7,9,13-17H2,1-2H3. The lowest BCUT2D eigenvalue weighted by atomic mass is 10.1. The number of methoxy groups -OCH3 is 1. The molecular formula is C23H29N3O. The number of hydrogen-bond donors (Lipinski definition) is 1. The lowest BCUT2D eigenvalue weighted by Crippen LogP contribution is -2.46. The van der Waals surface area contributed by atoms with E-state index in [1.54, 1.807) is 7.11 Å². The normalized spacial score (nSPS) is 15.4. The van der Waals surface area contributed by atoms with E-state index in [0.29, 0.717) is 0 Å². The van der Waals surface area contributed by atoms with Crippen LogP contribution in [0.25, 0.3) is 10.9 Å². The average molecular weight is 364 g/mol. The van der Waals surface area contributed by atoms with Crippen LogP contribution in [-0.4, -0.2) is 49.7 Å². The third kappa shape index (κ3) is 3.81. The summed E-state index contributed by atoms with van der Waals surface area (Å²) in [6.45, 7) is 7.72. The summed E-state index contributed by atoms with van der Waals surface area (Å²) in [6.07, 6.45) is 2.35. The fourth-order valence-corrected chi connectivity index (χ4v) is 4.24. The molecule has 2 heterocycles. The molecule has 0 radical (unpaired) electrons. The molecule has 0 amide bonds. The Bertz CT molecular complexity index is 894. The van der Waals surface area contributed by atoms with E-state index in [-0.39, 0.29) is 0 Å². The van der Waals surface area contributed by atoms with Gasteiger partial charge in [0.15, 0.2) is 0 Å². The number of nitrogens with one attached hydrogen (secondary N) is 1. The molecule has 0 aliphatic carbocycles. The van der Waals surface area contributed by atoms with Gasteiger partial charge in [0.25, 0.3) is 0 Å². The number of rotatable bonds is 6. The Morgan fingerprint density at radius 1 is 0.963 bits per heavy atom. The van der Waals surface area contributed by atoms with E-state index in [1.807, 2.05) is 12.1 Å². The van der Waals surface area contributed by atoms with Crippen molar-refractivity contribution in [1.29, 1.82) is 0 Å². The van der Waals surface area contributed by atoms with Crippen molar-refractivity contribution >= 4 is 16.6 Å². The van der Waals surface area contributed by atoms with Crippen LogP contribution in [0.2, 0.25) is 0 Å². The van der Waals surface area contributed by atoms with Gasteiger partial charge in [-0.05, 0) is 50.1 Å². The van der Waals surface area contributed by atoms with Gasteiger partial charge in [-0.15, -0.1) is 0 Å². The van der Waals surface area contributed by atoms with Crippen LogP contribution < -0.4 is 9.64 Å². The Kier molecular flexibility index (Phi) is 5.35. The van der Waals surface area contributed by atoms with Crippen LogP contribution in [0.3, 0.4) is 0 Å². The van der Waals surface area contributed by atoms with Crippen LogP contribution in [0.5, 0.6) is 5.75 Å². The number of fused-ring (bicyclic) bond motifs is 1. The molecule has 0 atom stereocenters. The number of benzene rings is 2. The highest BCUT2D eigenvalue weighted by atomic mass is 16.5. The van der Waals surface area contributed by atoms with Gasteiger partial charge in [0.2, 0.25) is 0 Å². The first kappa shape index (κ1) is 17.9. The summed E-state index contributed by atoms with van der Waals surface area (Å²) in [5, 5.41) is 1.39. The van der Waals surface area contributed by atoms with E-state index in [0.717, 1.165) is 38.3 Å². The first-order valence-electron chi connectivity index (χ1n) is 9.93. The molecule has 0 saturated carbocycles. The van der Waals surface area contributed by atoms with E-state index in [2.05, 4.69) is 58.1 Å². The zero-order valence-corrected chi connectivity index (χ0v) is 16.4. The Morgan fingerprint density at radius 2 is 1.70 bits per heavy atom. The first-order chi connectivity index (χ1) is 13.3. The lowest BCUT2D eigenvalue weighted by molar-refractivity contribution is 0.254. The van der Waals surface area contributed by atoms with Gasteiger partial charge in [-0.3, -0.25) is 4.90 Å². The summed E-state index contributed by atoms with van der Waals surface area (Å²) in [4.78, 5) is 8.56. The number of ether oxygens (including phenoxy) is 1. The molecule has 0 spiro atoms. The van der Waals surface area contributed by atoms with Crippen molar-refractivity contribution < 1.29 is 4.74 Å². The highest BCUT2D eigenvalue weighted by Gasteiger charge is 2.19. The fourth-order valence-electron chi connectivity index (χ4n) is 4.24. The Hall–Kier alpha value is -2.46. The van der Waals surface area contributed by atoms with Gasteiger partial charge in [0.1, 0.15) is 5.75 Å². The maximum atomic E-state index is 5.52. The number of hydrogen-bond acceptors (Lipinski definition) is 3. The van der Waals surface area contributed by atoms with Gasteiger partial charge in [-0.2, -0.15) is 0 Å². The molecule has 4 rings (SSSR count). The zero-order valence-electron chi connectivity index (χ0n) is 16.4. The Labute approximate surface area is 161 Å². The van der Waals surface area contributed by atoms with E-state index in [9.17, 15) is 0 Å². The van der Waals surface area contributed by atoms with Crippen molar-refractivity contribution in [2.24, 2.45) is 0 Å². The summed E-state index contributed by atoms with van der Waals surface area (Å²) in [5.74, 6) is 0.973. The maximum absolute atomic E-state index is 5.52. The molecule has 1 aliphatic rings. The quantitative estimate of drug-likeness (QED) is 0.711. The van der Waals surface area contributed by atoms with Gasteiger partial charge < -0.3 is 14.6 Å². The topological polar surface area (TPSA) is 31.5 Å². The number of aromatic amines is 1. The first-order valence-corrected chi connectivity index (χ1v) is 9.93. The number of aryl methyl sites for hydroxylation is 2. The SMILES string of the molecule is COc1ccccc1N1CCN(CCCc2c(C)[nH]c3ccccc23)CC1. The average Bonchev–Trinajstić information content (AvgIpc) is 3.04. The van der Waals surface area contributed by atoms with Crippen LogP contribution in [0, 0.1) is 6.92 Å². The van der Waals surface area contributed by atoms with Crippen LogP contribution >= 0.6 is 0 Å². The Morgan fingerprint density at radius 3 is 2.52 bits per heavy atom. The molecule has 1 aliphatic heterocycles. The van der Waals surface area contributed by atoms with Crippen molar-refractivity contribution in [3.63, 3.8) is 0 Å². The maximum Gasteiger partial charge on any atom is 0.142 e. The van der Waals surface area contributed by atoms with Crippen LogP contribution in [-0.2, 0) is 6.42 Å². The molecule has 3 aromatic rings. The zero-order chi connectivity index (χ0) is 18.6. The molecule has 4 heteroatoms. The molecule has 4 nitrogen and oxygen atoms in total. The molecular weight excluding hydrogens is 334 g/mol. The van der Waals surface area contributed by atoms with Crippen molar-refractivity contribution in [2.75, 3.05) is 44.7 Å². The molecule has 0 bridgehead atoms. The monoisotopic (exact) mass is 363 g/mol. The molecule has 1 saturated heterocycles. The number of nitrogens with zero attached hydrogens (tertiary/aromatic N) is 2. The fraction of sp³-hybridized carbons (Fsp3) is 0.391. The predicted molar refractivity (Wildman–Crippen MR) is 113 cm³/mol. The largest absolute Gasteiger partial charge is 0.495 e. The van der Waals surface area contributed by atoms with E-state index in [4.69, 9.17) is 4.74 Å². The summed E-state index contributed by atoms with van der Waals surface area (Å²) in [6, 6.07) is 17.0. The third-order valence-corrected chi connectivity index (χ3v) is 5.73. The molecule has 0 unspecified atom stereocenters. The van der Waals surface area contributed by atoms with E-state index < -0.39 is 0 Å². The number of H-pyrrole nitrogens is 1. The van der Waals surface area contributed by atoms with Crippen LogP contribution in [0.15, 0.2) is 48.5 Å². The van der Waals surface area contributed by atoms with E-state index in [1.165, 1.54) is 40.8 Å². The number of para-hydroxylation sites is 3. The molecule has 2 aromatic carbocycles. The van der Waals surface area contributed by atoms with Crippen molar-refractivity contribution in [3.8, 4) is 5.75 Å². The molecule has 1 N–H and O–H groups in total. The minimum absolute atomic E-state index is 0.973. The number of aromatic nitrogens is 1. The minimum atomic E-state index is 0.973. The van der Waals surface area contributed by atoms with Crippen LogP contribution in [0.1, 0.15) is 17.7 Å². The highest BCUT2D eigenvalue weighted by molar-refractivity contribution is 5.84. The van der Waals surface area contributed by atoms with Gasteiger partial charge in [0, 0.05) is 42.8 Å². The summed E-state index contributed by atoms with van der Waals surface area (Å²) in [5.41, 5.74) is 5.28. The summed E-state index contributed by atoms with van der Waals surface area (Å²) < 4.78 is 5.52. The summed E-state index contributed by atoms with van der Waals surface area (Å²) in [7, 11) is 1.75. The van der Waals surface area contributed by atoms with Gasteiger partial charge in [-0.25, -0.2) is 0 Å². The summed E-state index contributed by atoms with van der Waals surface area (Å²) >= 11 is 0. The molecule has 1 aromatic heterocycles. The third-order valence-electron chi connectivity index (χ3n) is 5.73. The predicted octanol–water partition coefficient (Wildman–Crippen LogP) is 4.24. The van der Waals surface area contributed by atoms with E-state index >= 15 is 0 Å². The number of anilines is 1. The van der Waals surface area contributed by atoms with Gasteiger partial charge in [0.05, 0.1) is 12.8 Å². The Balaban J connectivity index is 1.30. The van der Waals surface area contributed by atoms with Gasteiger partial charge in [-0.1, -0.05) is 30.3 Å². The second kappa shape index (κ2) is 8.05. The smallest absolute Gasteiger partial charge is 0.142 e. The van der Waals surface area contributed by atoms with Crippen molar-refractivity contribution in [1.82, 2.24) is 9.88 Å². The highest BCUT2D eigenvalue weighted by Crippen LogP contribution is 2.28. The lowest BCUT2D eigenvalue weighted by Gasteiger charge is -2.36. The molecule has 27 heavy (non-hydrogen) atoms. The van der Waals surface area contributed by atoms with Crippen LogP contribution in [0.4, 0.5) is 5.69 Å².